The molecule has 1 fully saturated rings. The molecule has 22 heavy (non-hydrogen) atoms. The molecule has 1 aromatic carbocycles. The minimum atomic E-state index is -1.36. The van der Waals surface area contributed by atoms with E-state index in [9.17, 15) is 4.79 Å². The molecule has 1 aliphatic rings. The number of carboxylic acids is 1. The Morgan fingerprint density at radius 2 is 2.32 bits per heavy atom. The van der Waals surface area contributed by atoms with Gasteiger partial charge in [-0.1, -0.05) is 29.3 Å². The van der Waals surface area contributed by atoms with Crippen molar-refractivity contribution in [1.29, 1.82) is 0 Å². The van der Waals surface area contributed by atoms with E-state index in [-0.39, 0.29) is 13.2 Å². The molecular weight excluding hydrogens is 333 g/mol. The molecule has 1 N–H and O–H groups in total. The Bertz CT molecular complexity index is 695. The molecule has 7 nitrogen and oxygen atoms in total. The second-order valence-corrected chi connectivity index (χ2v) is 5.57. The largest absolute Gasteiger partial charge is 0.479 e. The maximum atomic E-state index is 11.2. The van der Waals surface area contributed by atoms with Gasteiger partial charge < -0.3 is 14.6 Å². The molecule has 2 heterocycles. The molecule has 0 radical (unpaired) electrons. The van der Waals surface area contributed by atoms with Gasteiger partial charge in [-0.3, -0.25) is 0 Å². The summed E-state index contributed by atoms with van der Waals surface area (Å²) in [6, 6.07) is 4.82. The monoisotopic (exact) mass is 343 g/mol. The first-order chi connectivity index (χ1) is 10.5. The van der Waals surface area contributed by atoms with Gasteiger partial charge >= 0.3 is 5.97 Å². The van der Waals surface area contributed by atoms with Crippen LogP contribution in [0.5, 0.6) is 0 Å². The van der Waals surface area contributed by atoms with Crippen molar-refractivity contribution < 1.29 is 19.4 Å². The van der Waals surface area contributed by atoms with E-state index in [4.69, 9.17) is 37.8 Å². The molecule has 0 unspecified atom stereocenters. The molecule has 3 rings (SSSR count). The molecule has 0 spiro atoms. The number of benzene rings is 1. The second-order valence-electron chi connectivity index (χ2n) is 4.73. The van der Waals surface area contributed by atoms with Crippen LogP contribution in [0.4, 0.5) is 0 Å². The first-order valence-electron chi connectivity index (χ1n) is 6.33. The summed E-state index contributed by atoms with van der Waals surface area (Å²) in [5, 5.41) is 13.9. The first-order valence-corrected chi connectivity index (χ1v) is 7.08. The highest BCUT2D eigenvalue weighted by atomic mass is 35.5. The van der Waals surface area contributed by atoms with E-state index in [1.54, 1.807) is 18.2 Å². The third-order valence-corrected chi connectivity index (χ3v) is 3.80. The van der Waals surface area contributed by atoms with Crippen molar-refractivity contribution in [1.82, 2.24) is 14.8 Å². The molecule has 9 heteroatoms. The molecule has 0 amide bonds. The molecule has 2 atom stereocenters. The predicted octanol–water partition coefficient (Wildman–Crippen LogP) is 1.94. The van der Waals surface area contributed by atoms with Crippen LogP contribution in [0.3, 0.4) is 0 Å². The van der Waals surface area contributed by atoms with Crippen LogP contribution in [0.2, 0.25) is 10.0 Å². The average Bonchev–Trinajstić information content (AvgIpc) is 3.09. The van der Waals surface area contributed by atoms with Crippen molar-refractivity contribution >= 4 is 29.2 Å². The quantitative estimate of drug-likeness (QED) is 0.912. The molecule has 2 aromatic rings. The summed E-state index contributed by atoms with van der Waals surface area (Å²) in [5.41, 5.74) is 0.484. The van der Waals surface area contributed by atoms with Gasteiger partial charge in [0.1, 0.15) is 19.2 Å². The fraction of sp³-hybridized carbons (Fsp3) is 0.308. The summed E-state index contributed by atoms with van der Waals surface area (Å²) in [5.74, 6) is -2.47. The molecule has 1 saturated heterocycles. The third kappa shape index (κ3) is 2.80. The molecule has 1 aromatic heterocycles. The number of halogens is 2. The average molecular weight is 344 g/mol. The lowest BCUT2D eigenvalue weighted by Gasteiger charge is -2.28. The lowest BCUT2D eigenvalue weighted by atomic mass is 10.1. The number of aromatic nitrogens is 3. The highest BCUT2D eigenvalue weighted by Crippen LogP contribution is 2.40. The predicted molar refractivity (Wildman–Crippen MR) is 76.6 cm³/mol. The van der Waals surface area contributed by atoms with E-state index in [0.29, 0.717) is 15.6 Å². The van der Waals surface area contributed by atoms with Gasteiger partial charge in [-0.15, -0.1) is 0 Å². The number of ether oxygens (including phenoxy) is 2. The summed E-state index contributed by atoms with van der Waals surface area (Å²) in [7, 11) is 0. The Labute approximate surface area is 135 Å². The van der Waals surface area contributed by atoms with Gasteiger partial charge in [-0.05, 0) is 12.1 Å². The number of hydrogen-bond acceptors (Lipinski definition) is 5. The minimum Gasteiger partial charge on any atom is -0.479 e. The lowest BCUT2D eigenvalue weighted by Crippen LogP contribution is -2.35. The Hall–Kier alpha value is -1.67. The van der Waals surface area contributed by atoms with E-state index in [2.05, 4.69) is 10.1 Å². The normalized spacial score (nSPS) is 24.5. The first kappa shape index (κ1) is 15.2. The lowest BCUT2D eigenvalue weighted by molar-refractivity contribution is -0.195. The van der Waals surface area contributed by atoms with Gasteiger partial charge in [0.15, 0.2) is 6.10 Å². The Balaban J connectivity index is 2.01. The van der Waals surface area contributed by atoms with Crippen molar-refractivity contribution in [2.45, 2.75) is 18.4 Å². The van der Waals surface area contributed by atoms with Crippen molar-refractivity contribution in [3.8, 4) is 0 Å². The molecule has 116 valence electrons. The van der Waals surface area contributed by atoms with Crippen LogP contribution in [-0.2, 0) is 26.6 Å². The second kappa shape index (κ2) is 5.85. The standard InChI is InChI=1S/C13H11Cl2N3O4/c14-8-1-2-9(10(15)3-8)13(5-18-7-16-6-17-18)21-4-11(22-13)12(19)20/h1-3,6-7,11H,4-5H2,(H,19,20)/t11-,13-/m0/s1. The van der Waals surface area contributed by atoms with Gasteiger partial charge in [0.2, 0.25) is 5.79 Å². The van der Waals surface area contributed by atoms with Crippen molar-refractivity contribution in [3.05, 3.63) is 46.5 Å². The third-order valence-electron chi connectivity index (χ3n) is 3.25. The Morgan fingerprint density at radius 3 is 2.91 bits per heavy atom. The van der Waals surface area contributed by atoms with Gasteiger partial charge in [-0.2, -0.15) is 5.10 Å². The SMILES string of the molecule is O=C(O)[C@@H]1CO[C@](Cn2cncn2)(c2ccc(Cl)cc2Cl)O1. The van der Waals surface area contributed by atoms with Crippen LogP contribution >= 0.6 is 23.2 Å². The molecular formula is C13H11Cl2N3O4. The van der Waals surface area contributed by atoms with Crippen LogP contribution in [0.15, 0.2) is 30.9 Å². The van der Waals surface area contributed by atoms with Crippen LogP contribution in [0, 0.1) is 0 Å². The zero-order chi connectivity index (χ0) is 15.7. The highest BCUT2D eigenvalue weighted by Gasteiger charge is 2.47. The summed E-state index contributed by atoms with van der Waals surface area (Å²) in [6.45, 7) is 0.0150. The number of rotatable bonds is 4. The van der Waals surface area contributed by atoms with Crippen molar-refractivity contribution in [2.24, 2.45) is 0 Å². The summed E-state index contributed by atoms with van der Waals surface area (Å²) < 4.78 is 12.8. The van der Waals surface area contributed by atoms with E-state index in [1.807, 2.05) is 0 Å². The summed E-state index contributed by atoms with van der Waals surface area (Å²) in [4.78, 5) is 15.0. The van der Waals surface area contributed by atoms with E-state index in [1.165, 1.54) is 17.3 Å². The zero-order valence-corrected chi connectivity index (χ0v) is 12.7. The van der Waals surface area contributed by atoms with Crippen LogP contribution < -0.4 is 0 Å². The van der Waals surface area contributed by atoms with Gasteiger partial charge in [0, 0.05) is 10.6 Å². The fourth-order valence-electron chi connectivity index (χ4n) is 2.27. The molecule has 0 aliphatic carbocycles. The maximum absolute atomic E-state index is 11.2. The minimum absolute atomic E-state index is 0.0943. The highest BCUT2D eigenvalue weighted by molar-refractivity contribution is 6.35. The fourth-order valence-corrected chi connectivity index (χ4v) is 2.82. The van der Waals surface area contributed by atoms with E-state index in [0.717, 1.165) is 0 Å². The van der Waals surface area contributed by atoms with Crippen LogP contribution in [-0.4, -0.2) is 38.6 Å². The topological polar surface area (TPSA) is 86.5 Å². The Kier molecular flexibility index (Phi) is 4.05. The number of carbonyl (C=O) groups is 1. The van der Waals surface area contributed by atoms with E-state index >= 15 is 0 Å². The van der Waals surface area contributed by atoms with Crippen LogP contribution in [0.25, 0.3) is 0 Å². The molecule has 0 bridgehead atoms. The Morgan fingerprint density at radius 1 is 1.50 bits per heavy atom. The van der Waals surface area contributed by atoms with Gasteiger partial charge in [0.25, 0.3) is 0 Å². The number of carboxylic acid groups (broad SMARTS) is 1. The summed E-state index contributed by atoms with van der Waals surface area (Å²) >= 11 is 12.1. The molecule has 1 aliphatic heterocycles. The van der Waals surface area contributed by atoms with Gasteiger partial charge in [-0.25, -0.2) is 14.5 Å². The summed E-state index contributed by atoms with van der Waals surface area (Å²) in [6.07, 6.45) is 1.75. The number of hydrogen-bond donors (Lipinski definition) is 1. The maximum Gasteiger partial charge on any atom is 0.335 e. The van der Waals surface area contributed by atoms with Crippen molar-refractivity contribution in [3.63, 3.8) is 0 Å². The zero-order valence-electron chi connectivity index (χ0n) is 11.1. The number of aliphatic carboxylic acids is 1. The van der Waals surface area contributed by atoms with Crippen molar-refractivity contribution in [2.75, 3.05) is 6.61 Å². The van der Waals surface area contributed by atoms with Crippen LogP contribution in [0.1, 0.15) is 5.56 Å². The molecule has 0 saturated carbocycles. The van der Waals surface area contributed by atoms with E-state index < -0.39 is 17.9 Å². The number of nitrogens with zero attached hydrogens (tertiary/aromatic N) is 3. The van der Waals surface area contributed by atoms with Gasteiger partial charge in [0.05, 0.1) is 11.6 Å². The smallest absolute Gasteiger partial charge is 0.335 e.